The molecule has 0 saturated heterocycles. The summed E-state index contributed by atoms with van der Waals surface area (Å²) in [6.45, 7) is 4.56. The van der Waals surface area contributed by atoms with Gasteiger partial charge in [0.1, 0.15) is 0 Å². The fourth-order valence-electron chi connectivity index (χ4n) is 0.373. The summed E-state index contributed by atoms with van der Waals surface area (Å²) in [7, 11) is 0. The summed E-state index contributed by atoms with van der Waals surface area (Å²) in [5, 5.41) is 0. The molecule has 0 aromatic rings. The zero-order chi connectivity index (χ0) is 7.82. The summed E-state index contributed by atoms with van der Waals surface area (Å²) in [5.74, 6) is 0. The van der Waals surface area contributed by atoms with Crippen LogP contribution in [0.5, 0.6) is 0 Å². The van der Waals surface area contributed by atoms with Gasteiger partial charge in [-0.25, -0.2) is 4.79 Å². The Kier molecular flexibility index (Phi) is 11.4. The number of halogens is 1. The maximum absolute atomic E-state index is 10.5. The van der Waals surface area contributed by atoms with Crippen LogP contribution >= 0.6 is 12.4 Å². The molecule has 0 aromatic heterocycles. The van der Waals surface area contributed by atoms with Crippen molar-refractivity contribution in [3.05, 3.63) is 0 Å². The number of ether oxygens (including phenoxy) is 1. The van der Waals surface area contributed by atoms with Crippen molar-refractivity contribution in [2.24, 2.45) is 0 Å². The molecule has 1 N–H and O–H groups in total. The van der Waals surface area contributed by atoms with Crippen LogP contribution in [0.1, 0.15) is 20.3 Å². The number of rotatable bonds is 4. The molecule has 4 nitrogen and oxygen atoms in total. The Balaban J connectivity index is 0. The van der Waals surface area contributed by atoms with E-state index < -0.39 is 6.09 Å². The molecule has 5 heteroatoms. The van der Waals surface area contributed by atoms with E-state index >= 15 is 0 Å². The van der Waals surface area contributed by atoms with E-state index in [1.54, 1.807) is 6.92 Å². The molecule has 0 saturated carbocycles. The smallest absolute Gasteiger partial charge is 0.431 e. The highest BCUT2D eigenvalue weighted by Gasteiger charge is 1.96. The molecule has 0 spiro atoms. The minimum Gasteiger partial charge on any atom is -0.448 e. The summed E-state index contributed by atoms with van der Waals surface area (Å²) in [6.07, 6.45) is 0.336. The number of hydrogen-bond acceptors (Lipinski definition) is 3. The van der Waals surface area contributed by atoms with Crippen molar-refractivity contribution in [1.29, 1.82) is 0 Å². The Morgan fingerprint density at radius 3 is 2.55 bits per heavy atom. The van der Waals surface area contributed by atoms with Gasteiger partial charge in [-0.15, -0.1) is 12.4 Å². The Labute approximate surface area is 72.6 Å². The van der Waals surface area contributed by atoms with Gasteiger partial charge in [-0.3, -0.25) is 4.84 Å². The van der Waals surface area contributed by atoms with Crippen molar-refractivity contribution >= 4 is 18.5 Å². The predicted molar refractivity (Wildman–Crippen MR) is 43.6 cm³/mol. The first-order chi connectivity index (χ1) is 4.81. The van der Waals surface area contributed by atoms with E-state index in [4.69, 9.17) is 0 Å². The third-order valence-corrected chi connectivity index (χ3v) is 0.737. The molecule has 0 bridgehead atoms. The van der Waals surface area contributed by atoms with Crippen LogP contribution in [-0.4, -0.2) is 19.3 Å². The first-order valence-electron chi connectivity index (χ1n) is 3.35. The molecule has 0 unspecified atom stereocenters. The minimum absolute atomic E-state index is 0. The topological polar surface area (TPSA) is 47.6 Å². The number of carbonyl (C=O) groups is 1. The van der Waals surface area contributed by atoms with Crippen LogP contribution in [0.4, 0.5) is 4.79 Å². The number of carbonyl (C=O) groups excluding carboxylic acids is 1. The quantitative estimate of drug-likeness (QED) is 0.531. The van der Waals surface area contributed by atoms with Crippen LogP contribution in [0.3, 0.4) is 0 Å². The van der Waals surface area contributed by atoms with Crippen molar-refractivity contribution in [1.82, 2.24) is 5.48 Å². The predicted octanol–water partition coefficient (Wildman–Crippen LogP) is 1.50. The Morgan fingerprint density at radius 1 is 1.45 bits per heavy atom. The summed E-state index contributed by atoms with van der Waals surface area (Å²) >= 11 is 0. The van der Waals surface area contributed by atoms with Gasteiger partial charge >= 0.3 is 6.09 Å². The van der Waals surface area contributed by atoms with Crippen LogP contribution in [-0.2, 0) is 9.57 Å². The normalized spacial score (nSPS) is 8.18. The molecule has 0 aromatic carbocycles. The second kappa shape index (κ2) is 9.52. The first-order valence-corrected chi connectivity index (χ1v) is 3.35. The molecule has 0 rings (SSSR count). The van der Waals surface area contributed by atoms with E-state index in [2.05, 4.69) is 15.1 Å². The average Bonchev–Trinajstić information content (AvgIpc) is 1.89. The minimum atomic E-state index is -0.532. The third kappa shape index (κ3) is 9.52. The van der Waals surface area contributed by atoms with E-state index in [0.29, 0.717) is 13.2 Å². The lowest BCUT2D eigenvalue weighted by Crippen LogP contribution is -2.24. The molecule has 0 aliphatic rings. The van der Waals surface area contributed by atoms with E-state index in [9.17, 15) is 4.79 Å². The Bertz CT molecular complexity index is 99.8. The zero-order valence-electron chi connectivity index (χ0n) is 6.75. The van der Waals surface area contributed by atoms with Crippen molar-refractivity contribution in [2.75, 3.05) is 13.2 Å². The highest BCUT2D eigenvalue weighted by atomic mass is 35.5. The van der Waals surface area contributed by atoms with Gasteiger partial charge in [0.05, 0.1) is 13.2 Å². The van der Waals surface area contributed by atoms with Gasteiger partial charge in [0.25, 0.3) is 0 Å². The second-order valence-electron chi connectivity index (χ2n) is 1.67. The summed E-state index contributed by atoms with van der Waals surface area (Å²) in [5.41, 5.74) is 2.12. The van der Waals surface area contributed by atoms with E-state index in [-0.39, 0.29) is 12.4 Å². The number of hydroxylamine groups is 1. The molecular weight excluding hydrogens is 170 g/mol. The first kappa shape index (κ1) is 13.1. The van der Waals surface area contributed by atoms with Gasteiger partial charge in [-0.2, -0.15) is 5.48 Å². The number of nitrogens with one attached hydrogen (secondary N) is 1. The molecule has 1 amide bonds. The van der Waals surface area contributed by atoms with E-state index in [0.717, 1.165) is 6.42 Å². The van der Waals surface area contributed by atoms with Crippen LogP contribution in [0.25, 0.3) is 0 Å². The monoisotopic (exact) mass is 183 g/mol. The van der Waals surface area contributed by atoms with Crippen LogP contribution in [0, 0.1) is 0 Å². The van der Waals surface area contributed by atoms with Gasteiger partial charge in [-0.05, 0) is 13.3 Å². The molecule has 0 heterocycles. The van der Waals surface area contributed by atoms with E-state index in [1.807, 2.05) is 6.92 Å². The summed E-state index contributed by atoms with van der Waals surface area (Å²) < 4.78 is 4.51. The number of hydrogen-bond donors (Lipinski definition) is 1. The highest BCUT2D eigenvalue weighted by molar-refractivity contribution is 5.85. The lowest BCUT2D eigenvalue weighted by atomic mass is 10.5. The fraction of sp³-hybridized carbons (Fsp3) is 0.833. The molecular formula is C6H14ClNO3. The standard InChI is InChI=1S/C6H13NO3.ClH/c1-3-5-10-7-6(8)9-4-2;/h3-5H2,1-2H3,(H,7,8);1H. The molecule has 11 heavy (non-hydrogen) atoms. The van der Waals surface area contributed by atoms with Gasteiger partial charge in [0.15, 0.2) is 0 Å². The van der Waals surface area contributed by atoms with E-state index in [1.165, 1.54) is 0 Å². The molecule has 68 valence electrons. The highest BCUT2D eigenvalue weighted by Crippen LogP contribution is 1.78. The van der Waals surface area contributed by atoms with Gasteiger partial charge in [0.2, 0.25) is 0 Å². The molecule has 0 aliphatic heterocycles. The van der Waals surface area contributed by atoms with Crippen molar-refractivity contribution in [3.8, 4) is 0 Å². The van der Waals surface area contributed by atoms with Crippen LogP contribution in [0.15, 0.2) is 0 Å². The SMILES string of the molecule is CCCONC(=O)OCC.Cl. The van der Waals surface area contributed by atoms with Gasteiger partial charge < -0.3 is 4.74 Å². The third-order valence-electron chi connectivity index (χ3n) is 0.737. The second-order valence-corrected chi connectivity index (χ2v) is 1.67. The maximum atomic E-state index is 10.5. The molecule has 0 fully saturated rings. The molecule has 0 aliphatic carbocycles. The maximum Gasteiger partial charge on any atom is 0.431 e. The lowest BCUT2D eigenvalue weighted by Gasteiger charge is -2.03. The molecule has 0 atom stereocenters. The molecule has 0 radical (unpaired) electrons. The summed E-state index contributed by atoms with van der Waals surface area (Å²) in [4.78, 5) is 15.1. The zero-order valence-corrected chi connectivity index (χ0v) is 7.57. The Hall–Kier alpha value is -0.480. The average molecular weight is 184 g/mol. The fourth-order valence-corrected chi connectivity index (χ4v) is 0.373. The van der Waals surface area contributed by atoms with Crippen LogP contribution in [0.2, 0.25) is 0 Å². The largest absolute Gasteiger partial charge is 0.448 e. The van der Waals surface area contributed by atoms with Crippen LogP contribution < -0.4 is 5.48 Å². The van der Waals surface area contributed by atoms with Gasteiger partial charge in [0, 0.05) is 0 Å². The summed E-state index contributed by atoms with van der Waals surface area (Å²) in [6, 6.07) is 0. The number of amides is 1. The van der Waals surface area contributed by atoms with Crippen molar-refractivity contribution in [2.45, 2.75) is 20.3 Å². The Morgan fingerprint density at radius 2 is 2.09 bits per heavy atom. The lowest BCUT2D eigenvalue weighted by molar-refractivity contribution is 0.0299. The van der Waals surface area contributed by atoms with Crippen molar-refractivity contribution in [3.63, 3.8) is 0 Å². The van der Waals surface area contributed by atoms with Crippen molar-refractivity contribution < 1.29 is 14.4 Å². The van der Waals surface area contributed by atoms with Gasteiger partial charge in [-0.1, -0.05) is 6.92 Å².